The maximum absolute atomic E-state index is 4.91. The minimum absolute atomic E-state index is 0.640. The van der Waals surface area contributed by atoms with E-state index < -0.39 is 0 Å². The van der Waals surface area contributed by atoms with Crippen molar-refractivity contribution in [2.45, 2.75) is 45.1 Å². The van der Waals surface area contributed by atoms with Gasteiger partial charge in [0.2, 0.25) is 0 Å². The van der Waals surface area contributed by atoms with E-state index in [9.17, 15) is 0 Å². The molecule has 4 rings (SSSR count). The molecule has 0 radical (unpaired) electrons. The van der Waals surface area contributed by atoms with Crippen LogP contribution in [0.5, 0.6) is 0 Å². The van der Waals surface area contributed by atoms with E-state index in [1.54, 1.807) is 0 Å². The van der Waals surface area contributed by atoms with E-state index >= 15 is 0 Å². The highest BCUT2D eigenvalue weighted by atomic mass is 32.1. The Bertz CT molecular complexity index is 620. The summed E-state index contributed by atoms with van der Waals surface area (Å²) in [6, 6.07) is 0.640. The van der Waals surface area contributed by atoms with Crippen LogP contribution in [0.1, 0.15) is 37.8 Å². The van der Waals surface area contributed by atoms with Crippen molar-refractivity contribution in [2.24, 2.45) is 7.05 Å². The van der Waals surface area contributed by atoms with Gasteiger partial charge in [-0.15, -0.1) is 0 Å². The maximum Gasteiger partial charge on any atom is 0.188 e. The summed E-state index contributed by atoms with van der Waals surface area (Å²) in [6.45, 7) is 7.03. The standard InChI is InChI=1S/C16H25N5S/c1-12-14-15(19(2)18-12)17-16(22-14)21-10-4-3-7-13(21)11-20-8-5-6-9-20/h13H,3-11H2,1-2H3/t13-/m1/s1. The third kappa shape index (κ3) is 2.52. The minimum Gasteiger partial charge on any atom is -0.344 e. The average molecular weight is 319 g/mol. The summed E-state index contributed by atoms with van der Waals surface area (Å²) in [5.74, 6) is 0. The van der Waals surface area contributed by atoms with Crippen molar-refractivity contribution < 1.29 is 0 Å². The quantitative estimate of drug-likeness (QED) is 0.872. The monoisotopic (exact) mass is 319 g/mol. The molecule has 5 nitrogen and oxygen atoms in total. The first-order valence-corrected chi connectivity index (χ1v) is 9.33. The van der Waals surface area contributed by atoms with Crippen LogP contribution in [0.15, 0.2) is 0 Å². The Balaban J connectivity index is 1.60. The van der Waals surface area contributed by atoms with Gasteiger partial charge < -0.3 is 9.80 Å². The Hall–Kier alpha value is -1.14. The van der Waals surface area contributed by atoms with Crippen molar-refractivity contribution >= 4 is 26.8 Å². The van der Waals surface area contributed by atoms with Crippen molar-refractivity contribution in [3.05, 3.63) is 5.69 Å². The number of fused-ring (bicyclic) bond motifs is 1. The third-order valence-electron chi connectivity index (χ3n) is 5.07. The second kappa shape index (κ2) is 5.81. The molecule has 6 heteroatoms. The van der Waals surface area contributed by atoms with Crippen molar-refractivity contribution in [1.29, 1.82) is 0 Å². The molecule has 0 aliphatic carbocycles. The van der Waals surface area contributed by atoms with E-state index in [0.29, 0.717) is 6.04 Å². The fourth-order valence-electron chi connectivity index (χ4n) is 3.90. The van der Waals surface area contributed by atoms with E-state index in [-0.39, 0.29) is 0 Å². The van der Waals surface area contributed by atoms with Crippen LogP contribution in [0.2, 0.25) is 0 Å². The van der Waals surface area contributed by atoms with Crippen molar-refractivity contribution in [3.63, 3.8) is 0 Å². The zero-order valence-corrected chi connectivity index (χ0v) is 14.4. The molecule has 0 unspecified atom stereocenters. The van der Waals surface area contributed by atoms with Crippen molar-refractivity contribution in [2.75, 3.05) is 31.1 Å². The van der Waals surface area contributed by atoms with E-state index in [4.69, 9.17) is 4.98 Å². The second-order valence-corrected chi connectivity index (χ2v) is 7.69. The Kier molecular flexibility index (Phi) is 3.82. The largest absolute Gasteiger partial charge is 0.344 e. The third-order valence-corrected chi connectivity index (χ3v) is 6.26. The van der Waals surface area contributed by atoms with Crippen molar-refractivity contribution in [1.82, 2.24) is 19.7 Å². The van der Waals surface area contributed by atoms with Gasteiger partial charge in [-0.25, -0.2) is 9.67 Å². The average Bonchev–Trinajstić information content (AvgIpc) is 3.20. The predicted molar refractivity (Wildman–Crippen MR) is 91.8 cm³/mol. The van der Waals surface area contributed by atoms with Gasteiger partial charge in [0.1, 0.15) is 0 Å². The number of hydrogen-bond acceptors (Lipinski definition) is 5. The molecule has 2 fully saturated rings. The molecule has 0 amide bonds. The van der Waals surface area contributed by atoms with Crippen LogP contribution in [0.25, 0.3) is 10.3 Å². The molecular weight excluding hydrogens is 294 g/mol. The predicted octanol–water partition coefficient (Wildman–Crippen LogP) is 2.79. The number of anilines is 1. The Morgan fingerprint density at radius 3 is 2.68 bits per heavy atom. The van der Waals surface area contributed by atoms with Crippen LogP contribution < -0.4 is 4.90 Å². The van der Waals surface area contributed by atoms with Gasteiger partial charge in [0.15, 0.2) is 10.8 Å². The van der Waals surface area contributed by atoms with Crippen LogP contribution >= 0.6 is 11.3 Å². The first-order valence-electron chi connectivity index (χ1n) is 8.51. The molecule has 2 aliphatic rings. The highest BCUT2D eigenvalue weighted by Gasteiger charge is 2.28. The Morgan fingerprint density at radius 2 is 1.91 bits per heavy atom. The Labute approximate surface area is 135 Å². The number of nitrogens with zero attached hydrogens (tertiary/aromatic N) is 5. The van der Waals surface area contributed by atoms with E-state index in [2.05, 4.69) is 21.8 Å². The lowest BCUT2D eigenvalue weighted by atomic mass is 10.0. The van der Waals surface area contributed by atoms with Gasteiger partial charge in [-0.2, -0.15) is 5.10 Å². The fourth-order valence-corrected chi connectivity index (χ4v) is 5.03. The summed E-state index contributed by atoms with van der Waals surface area (Å²) >= 11 is 1.83. The second-order valence-electron chi connectivity index (χ2n) is 6.71. The number of rotatable bonds is 3. The maximum atomic E-state index is 4.91. The first-order chi connectivity index (χ1) is 10.7. The summed E-state index contributed by atoms with van der Waals surface area (Å²) < 4.78 is 3.17. The number of likely N-dealkylation sites (tertiary alicyclic amines) is 1. The molecule has 2 saturated heterocycles. The van der Waals surface area contributed by atoms with Crippen molar-refractivity contribution in [3.8, 4) is 0 Å². The molecule has 2 aromatic heterocycles. The van der Waals surface area contributed by atoms with Gasteiger partial charge in [0.25, 0.3) is 0 Å². The number of hydrogen-bond donors (Lipinski definition) is 0. The number of piperidine rings is 1. The van der Waals surface area contributed by atoms with Gasteiger partial charge >= 0.3 is 0 Å². The summed E-state index contributed by atoms with van der Waals surface area (Å²) in [6.07, 6.45) is 6.71. The highest BCUT2D eigenvalue weighted by Crippen LogP contribution is 2.34. The topological polar surface area (TPSA) is 37.2 Å². The number of aromatic nitrogens is 3. The molecule has 0 bridgehead atoms. The highest BCUT2D eigenvalue weighted by molar-refractivity contribution is 7.22. The molecule has 22 heavy (non-hydrogen) atoms. The van der Waals surface area contributed by atoms with Gasteiger partial charge in [0.05, 0.1) is 10.4 Å². The normalized spacial score (nSPS) is 23.7. The zero-order valence-electron chi connectivity index (χ0n) is 13.6. The van der Waals surface area contributed by atoms with Crippen LogP contribution in [0, 0.1) is 6.92 Å². The number of thiazole rings is 1. The lowest BCUT2D eigenvalue weighted by Gasteiger charge is -2.37. The smallest absolute Gasteiger partial charge is 0.188 e. The summed E-state index contributed by atoms with van der Waals surface area (Å²) in [5, 5.41) is 5.68. The molecule has 0 spiro atoms. The van der Waals surface area contributed by atoms with Gasteiger partial charge in [-0.3, -0.25) is 0 Å². The summed E-state index contributed by atoms with van der Waals surface area (Å²) in [4.78, 5) is 10.1. The molecule has 0 aromatic carbocycles. The van der Waals surface area contributed by atoms with Crippen LogP contribution in [-0.4, -0.2) is 51.9 Å². The molecule has 120 valence electrons. The molecule has 4 heterocycles. The molecule has 0 N–H and O–H groups in total. The molecular formula is C16H25N5S. The number of aryl methyl sites for hydroxylation is 2. The van der Waals surface area contributed by atoms with Gasteiger partial charge in [-0.1, -0.05) is 11.3 Å². The molecule has 2 aliphatic heterocycles. The fraction of sp³-hybridized carbons (Fsp3) is 0.750. The van der Waals surface area contributed by atoms with Gasteiger partial charge in [-0.05, 0) is 52.1 Å². The minimum atomic E-state index is 0.640. The molecule has 0 saturated carbocycles. The summed E-state index contributed by atoms with van der Waals surface area (Å²) in [5.41, 5.74) is 2.15. The first kappa shape index (κ1) is 14.5. The SMILES string of the molecule is Cc1nn(C)c2nc(N3CCCC[C@@H]3CN3CCCC3)sc12. The zero-order chi connectivity index (χ0) is 15.1. The van der Waals surface area contributed by atoms with Crippen LogP contribution in [0.3, 0.4) is 0 Å². The lowest BCUT2D eigenvalue weighted by molar-refractivity contribution is 0.285. The molecule has 2 aromatic rings. The lowest BCUT2D eigenvalue weighted by Crippen LogP contribution is -2.46. The summed E-state index contributed by atoms with van der Waals surface area (Å²) in [7, 11) is 2.00. The van der Waals surface area contributed by atoms with E-state index in [1.165, 1.54) is 61.6 Å². The molecule has 1 atom stereocenters. The Morgan fingerprint density at radius 1 is 1.14 bits per heavy atom. The van der Waals surface area contributed by atoms with Gasteiger partial charge in [0, 0.05) is 26.2 Å². The van der Waals surface area contributed by atoms with E-state index in [1.807, 2.05) is 23.1 Å². The van der Waals surface area contributed by atoms with E-state index in [0.717, 1.165) is 17.9 Å². The van der Waals surface area contributed by atoms with Crippen LogP contribution in [-0.2, 0) is 7.05 Å². The van der Waals surface area contributed by atoms with Crippen LogP contribution in [0.4, 0.5) is 5.13 Å².